The van der Waals surface area contributed by atoms with Crippen molar-refractivity contribution in [2.45, 2.75) is 20.3 Å². The van der Waals surface area contributed by atoms with E-state index < -0.39 is 0 Å². The molecule has 0 fully saturated rings. The lowest BCUT2D eigenvalue weighted by atomic mass is 10.1. The molecule has 1 unspecified atom stereocenters. The summed E-state index contributed by atoms with van der Waals surface area (Å²) in [6, 6.07) is 0. The van der Waals surface area contributed by atoms with Crippen LogP contribution in [0.5, 0.6) is 0 Å². The number of terminal acetylenes is 1. The Morgan fingerprint density at radius 2 is 2.53 bits per heavy atom. The summed E-state index contributed by atoms with van der Waals surface area (Å²) in [7, 11) is 0. The lowest BCUT2D eigenvalue weighted by Gasteiger charge is -2.21. The summed E-state index contributed by atoms with van der Waals surface area (Å²) < 4.78 is 0. The second-order valence-corrected chi connectivity index (χ2v) is 3.51. The Hall–Kier alpha value is -1.75. The highest BCUT2D eigenvalue weighted by molar-refractivity contribution is 5.73. The second-order valence-electron chi connectivity index (χ2n) is 3.51. The van der Waals surface area contributed by atoms with Crippen molar-refractivity contribution in [3.8, 4) is 12.3 Å². The van der Waals surface area contributed by atoms with Crippen molar-refractivity contribution >= 4 is 6.21 Å². The minimum absolute atomic E-state index is 0.449. The van der Waals surface area contributed by atoms with E-state index in [1.807, 2.05) is 18.2 Å². The van der Waals surface area contributed by atoms with E-state index in [1.54, 1.807) is 11.2 Å². The third kappa shape index (κ3) is 2.85. The van der Waals surface area contributed by atoms with Crippen molar-refractivity contribution in [3.63, 3.8) is 0 Å². The molecule has 2 heteroatoms. The van der Waals surface area contributed by atoms with Gasteiger partial charge in [0, 0.05) is 6.21 Å². The van der Waals surface area contributed by atoms with Crippen LogP contribution < -0.4 is 0 Å². The van der Waals surface area contributed by atoms with Crippen molar-refractivity contribution in [2.75, 3.05) is 0 Å². The summed E-state index contributed by atoms with van der Waals surface area (Å²) in [5.41, 5.74) is 1.56. The highest BCUT2D eigenvalue weighted by atomic mass is 15.5. The molecule has 0 saturated heterocycles. The minimum atomic E-state index is 0.449. The summed E-state index contributed by atoms with van der Waals surface area (Å²) >= 11 is 0. The van der Waals surface area contributed by atoms with Gasteiger partial charge in [-0.05, 0) is 30.6 Å². The Labute approximate surface area is 91.7 Å². The standard InChI is InChI=1S/C13H16N2/c1-5-11(3)10-13(6-2)15-12(4)8-7-9-14-15/h2,7-11H,4-5H2,1,3H3. The number of allylic oxidation sites excluding steroid dienone is 4. The fourth-order valence-corrected chi connectivity index (χ4v) is 1.19. The van der Waals surface area contributed by atoms with Gasteiger partial charge in [0.05, 0.1) is 5.70 Å². The molecule has 0 N–H and O–H groups in total. The molecule has 1 rings (SSSR count). The summed E-state index contributed by atoms with van der Waals surface area (Å²) in [5.74, 6) is 3.10. The SMILES string of the molecule is C#CC(=CC(C)CC)N1N=CC=CC1=C. The van der Waals surface area contributed by atoms with Crippen LogP contribution in [0, 0.1) is 18.3 Å². The van der Waals surface area contributed by atoms with Crippen LogP contribution in [-0.4, -0.2) is 11.2 Å². The molecule has 0 aromatic rings. The fourth-order valence-electron chi connectivity index (χ4n) is 1.19. The first-order chi connectivity index (χ1) is 7.19. The average Bonchev–Trinajstić information content (AvgIpc) is 2.26. The molecule has 0 aromatic heterocycles. The molecule has 2 nitrogen and oxygen atoms in total. The second kappa shape index (κ2) is 5.21. The molecular weight excluding hydrogens is 184 g/mol. The van der Waals surface area contributed by atoms with Gasteiger partial charge in [-0.2, -0.15) is 5.10 Å². The summed E-state index contributed by atoms with van der Waals surface area (Å²) in [5, 5.41) is 5.87. The van der Waals surface area contributed by atoms with Gasteiger partial charge in [0.1, 0.15) is 5.70 Å². The molecular formula is C13H16N2. The van der Waals surface area contributed by atoms with E-state index in [2.05, 4.69) is 31.4 Å². The van der Waals surface area contributed by atoms with E-state index in [1.165, 1.54) is 0 Å². The van der Waals surface area contributed by atoms with Crippen LogP contribution in [0.25, 0.3) is 0 Å². The molecule has 0 amide bonds. The number of hydrogen-bond donors (Lipinski definition) is 0. The zero-order valence-electron chi connectivity index (χ0n) is 9.27. The van der Waals surface area contributed by atoms with Gasteiger partial charge >= 0.3 is 0 Å². The Balaban J connectivity index is 2.89. The lowest BCUT2D eigenvalue weighted by molar-refractivity contribution is 0.482. The monoisotopic (exact) mass is 200 g/mol. The van der Waals surface area contributed by atoms with Crippen LogP contribution in [-0.2, 0) is 0 Å². The predicted octanol–water partition coefficient (Wildman–Crippen LogP) is 2.92. The highest BCUT2D eigenvalue weighted by Gasteiger charge is 2.10. The normalized spacial score (nSPS) is 17.8. The largest absolute Gasteiger partial charge is 0.226 e. The van der Waals surface area contributed by atoms with Crippen molar-refractivity contribution in [1.29, 1.82) is 0 Å². The molecule has 0 aromatic carbocycles. The van der Waals surface area contributed by atoms with Gasteiger partial charge < -0.3 is 0 Å². The van der Waals surface area contributed by atoms with Gasteiger partial charge in [-0.15, -0.1) is 6.42 Å². The molecule has 1 atom stereocenters. The minimum Gasteiger partial charge on any atom is -0.226 e. The van der Waals surface area contributed by atoms with E-state index in [-0.39, 0.29) is 0 Å². The van der Waals surface area contributed by atoms with E-state index in [0.717, 1.165) is 17.8 Å². The summed E-state index contributed by atoms with van der Waals surface area (Å²) in [4.78, 5) is 0. The zero-order valence-corrected chi connectivity index (χ0v) is 9.27. The zero-order chi connectivity index (χ0) is 11.3. The maximum absolute atomic E-state index is 5.47. The molecule has 0 radical (unpaired) electrons. The van der Waals surface area contributed by atoms with Crippen molar-refractivity contribution < 1.29 is 0 Å². The maximum atomic E-state index is 5.47. The molecule has 1 aliphatic heterocycles. The Morgan fingerprint density at radius 3 is 3.07 bits per heavy atom. The van der Waals surface area contributed by atoms with Crippen LogP contribution in [0.15, 0.2) is 41.3 Å². The van der Waals surface area contributed by atoms with Gasteiger partial charge in [0.15, 0.2) is 0 Å². The number of hydrogen-bond acceptors (Lipinski definition) is 2. The highest BCUT2D eigenvalue weighted by Crippen LogP contribution is 2.18. The predicted molar refractivity (Wildman–Crippen MR) is 65.0 cm³/mol. The van der Waals surface area contributed by atoms with Gasteiger partial charge in [-0.3, -0.25) is 0 Å². The molecule has 0 aliphatic carbocycles. The molecule has 0 saturated carbocycles. The van der Waals surface area contributed by atoms with E-state index >= 15 is 0 Å². The van der Waals surface area contributed by atoms with Gasteiger partial charge in [-0.1, -0.05) is 26.3 Å². The first kappa shape index (κ1) is 11.3. The van der Waals surface area contributed by atoms with Gasteiger partial charge in [0.2, 0.25) is 0 Å². The van der Waals surface area contributed by atoms with Crippen LogP contribution in [0.3, 0.4) is 0 Å². The Bertz CT molecular complexity index is 366. The fraction of sp³-hybridized carbons (Fsp3) is 0.308. The van der Waals surface area contributed by atoms with Gasteiger partial charge in [0.25, 0.3) is 0 Å². The quantitative estimate of drug-likeness (QED) is 0.639. The van der Waals surface area contributed by atoms with Crippen LogP contribution in [0.4, 0.5) is 0 Å². The van der Waals surface area contributed by atoms with Gasteiger partial charge in [-0.25, -0.2) is 5.01 Å². The van der Waals surface area contributed by atoms with Crippen LogP contribution in [0.2, 0.25) is 0 Å². The topological polar surface area (TPSA) is 15.6 Å². The number of nitrogens with zero attached hydrogens (tertiary/aromatic N) is 2. The molecule has 0 bridgehead atoms. The smallest absolute Gasteiger partial charge is 0.111 e. The number of hydrazone groups is 1. The Morgan fingerprint density at radius 1 is 1.80 bits per heavy atom. The molecule has 15 heavy (non-hydrogen) atoms. The lowest BCUT2D eigenvalue weighted by Crippen LogP contribution is -2.16. The summed E-state index contributed by atoms with van der Waals surface area (Å²) in [6.07, 6.45) is 14.0. The maximum Gasteiger partial charge on any atom is 0.111 e. The molecule has 78 valence electrons. The third-order valence-corrected chi connectivity index (χ3v) is 2.29. The van der Waals surface area contributed by atoms with E-state index in [9.17, 15) is 0 Å². The van der Waals surface area contributed by atoms with Crippen molar-refractivity contribution in [3.05, 3.63) is 36.2 Å². The first-order valence-corrected chi connectivity index (χ1v) is 5.07. The van der Waals surface area contributed by atoms with E-state index in [4.69, 9.17) is 6.42 Å². The van der Waals surface area contributed by atoms with Crippen molar-refractivity contribution in [1.82, 2.24) is 5.01 Å². The van der Waals surface area contributed by atoms with Crippen LogP contribution >= 0.6 is 0 Å². The van der Waals surface area contributed by atoms with Crippen LogP contribution in [0.1, 0.15) is 20.3 Å². The average molecular weight is 200 g/mol. The number of rotatable bonds is 3. The Kier molecular flexibility index (Phi) is 3.93. The first-order valence-electron chi connectivity index (χ1n) is 5.07. The summed E-state index contributed by atoms with van der Waals surface area (Å²) in [6.45, 7) is 8.14. The molecule has 1 heterocycles. The molecule has 1 aliphatic rings. The van der Waals surface area contributed by atoms with E-state index in [0.29, 0.717) is 5.92 Å². The molecule has 0 spiro atoms. The third-order valence-electron chi connectivity index (χ3n) is 2.29. The van der Waals surface area contributed by atoms with Crippen molar-refractivity contribution in [2.24, 2.45) is 11.0 Å².